The molecule has 2 aliphatic rings. The highest BCUT2D eigenvalue weighted by atomic mass is 16.2. The van der Waals surface area contributed by atoms with Gasteiger partial charge in [-0.1, -0.05) is 36.8 Å². The van der Waals surface area contributed by atoms with Crippen LogP contribution < -0.4 is 11.1 Å². The average molecular weight is 358 g/mol. The van der Waals surface area contributed by atoms with E-state index in [0.717, 1.165) is 52.0 Å². The van der Waals surface area contributed by atoms with E-state index in [0.29, 0.717) is 6.42 Å². The van der Waals surface area contributed by atoms with Crippen molar-refractivity contribution >= 4 is 11.8 Å². The highest BCUT2D eigenvalue weighted by molar-refractivity contribution is 5.84. The van der Waals surface area contributed by atoms with Crippen LogP contribution in [0.5, 0.6) is 0 Å². The Morgan fingerprint density at radius 3 is 2.46 bits per heavy atom. The SMILES string of the molecule is N[C@@H]1CCC[C@H]1CC(=O)NCC(=O)N1CCN(Cc2ccccc2)CC1. The fourth-order valence-electron chi connectivity index (χ4n) is 3.91. The van der Waals surface area contributed by atoms with Crippen molar-refractivity contribution in [3.8, 4) is 0 Å². The Hall–Kier alpha value is -1.92. The molecule has 0 bridgehead atoms. The van der Waals surface area contributed by atoms with Gasteiger partial charge in [-0.15, -0.1) is 0 Å². The van der Waals surface area contributed by atoms with E-state index in [2.05, 4.69) is 34.5 Å². The number of rotatable bonds is 6. The number of nitrogens with zero attached hydrogens (tertiary/aromatic N) is 2. The molecule has 1 aromatic carbocycles. The predicted octanol–water partition coefficient (Wildman–Crippen LogP) is 0.965. The van der Waals surface area contributed by atoms with E-state index in [1.54, 1.807) is 0 Å². The van der Waals surface area contributed by atoms with Gasteiger partial charge in [-0.25, -0.2) is 0 Å². The highest BCUT2D eigenvalue weighted by Gasteiger charge is 2.26. The third-order valence-electron chi connectivity index (χ3n) is 5.58. The van der Waals surface area contributed by atoms with E-state index < -0.39 is 0 Å². The first-order chi connectivity index (χ1) is 12.6. The number of hydrogen-bond donors (Lipinski definition) is 2. The molecule has 2 atom stereocenters. The van der Waals surface area contributed by atoms with Gasteiger partial charge in [0.15, 0.2) is 0 Å². The molecule has 0 radical (unpaired) electrons. The van der Waals surface area contributed by atoms with Gasteiger partial charge in [0.2, 0.25) is 11.8 Å². The van der Waals surface area contributed by atoms with Crippen LogP contribution >= 0.6 is 0 Å². The van der Waals surface area contributed by atoms with Crippen molar-refractivity contribution < 1.29 is 9.59 Å². The first-order valence-corrected chi connectivity index (χ1v) is 9.68. The monoisotopic (exact) mass is 358 g/mol. The van der Waals surface area contributed by atoms with Gasteiger partial charge in [0.25, 0.3) is 0 Å². The first kappa shape index (κ1) is 18.9. The second-order valence-electron chi connectivity index (χ2n) is 7.48. The van der Waals surface area contributed by atoms with Crippen LogP contribution in [0, 0.1) is 5.92 Å². The molecule has 26 heavy (non-hydrogen) atoms. The minimum Gasteiger partial charge on any atom is -0.347 e. The summed E-state index contributed by atoms with van der Waals surface area (Å²) in [6.45, 7) is 4.18. The second-order valence-corrected chi connectivity index (χ2v) is 7.48. The van der Waals surface area contributed by atoms with Crippen molar-refractivity contribution in [1.29, 1.82) is 0 Å². The van der Waals surface area contributed by atoms with Crippen LogP contribution in [0.1, 0.15) is 31.2 Å². The van der Waals surface area contributed by atoms with Gasteiger partial charge >= 0.3 is 0 Å². The Morgan fingerprint density at radius 1 is 1.08 bits per heavy atom. The molecule has 2 amide bonds. The number of amides is 2. The molecule has 1 aliphatic heterocycles. The minimum atomic E-state index is -0.0524. The van der Waals surface area contributed by atoms with Crippen LogP contribution in [0.3, 0.4) is 0 Å². The van der Waals surface area contributed by atoms with Crippen LogP contribution in [-0.4, -0.2) is 60.4 Å². The van der Waals surface area contributed by atoms with Gasteiger partial charge in [-0.05, 0) is 24.3 Å². The van der Waals surface area contributed by atoms with Gasteiger partial charge in [-0.3, -0.25) is 14.5 Å². The van der Waals surface area contributed by atoms with Crippen LogP contribution in [0.2, 0.25) is 0 Å². The van der Waals surface area contributed by atoms with Crippen molar-refractivity contribution in [3.05, 3.63) is 35.9 Å². The molecule has 6 heteroatoms. The smallest absolute Gasteiger partial charge is 0.242 e. The number of nitrogens with two attached hydrogens (primary N) is 1. The minimum absolute atomic E-state index is 0.00781. The van der Waals surface area contributed by atoms with Gasteiger partial charge in [0.1, 0.15) is 0 Å². The van der Waals surface area contributed by atoms with E-state index in [9.17, 15) is 9.59 Å². The van der Waals surface area contributed by atoms with Gasteiger partial charge < -0.3 is 16.0 Å². The third-order valence-corrected chi connectivity index (χ3v) is 5.58. The quantitative estimate of drug-likeness (QED) is 0.794. The van der Waals surface area contributed by atoms with E-state index >= 15 is 0 Å². The zero-order chi connectivity index (χ0) is 18.4. The Balaban J connectivity index is 1.35. The molecular formula is C20H30N4O2. The van der Waals surface area contributed by atoms with Gasteiger partial charge in [0.05, 0.1) is 6.54 Å². The van der Waals surface area contributed by atoms with Crippen molar-refractivity contribution in [2.45, 2.75) is 38.3 Å². The molecule has 1 heterocycles. The molecule has 0 unspecified atom stereocenters. The molecule has 2 fully saturated rings. The molecule has 3 N–H and O–H groups in total. The Kier molecular flexibility index (Phi) is 6.63. The topological polar surface area (TPSA) is 78.7 Å². The molecule has 1 saturated carbocycles. The van der Waals surface area contributed by atoms with E-state index in [-0.39, 0.29) is 30.3 Å². The zero-order valence-electron chi connectivity index (χ0n) is 15.4. The molecule has 142 valence electrons. The lowest BCUT2D eigenvalue weighted by molar-refractivity contribution is -0.134. The van der Waals surface area contributed by atoms with Crippen molar-refractivity contribution in [2.24, 2.45) is 11.7 Å². The highest BCUT2D eigenvalue weighted by Crippen LogP contribution is 2.26. The van der Waals surface area contributed by atoms with E-state index in [1.165, 1.54) is 5.56 Å². The van der Waals surface area contributed by atoms with Crippen molar-refractivity contribution in [3.63, 3.8) is 0 Å². The van der Waals surface area contributed by atoms with Crippen LogP contribution in [0.25, 0.3) is 0 Å². The van der Waals surface area contributed by atoms with Crippen LogP contribution in [0.15, 0.2) is 30.3 Å². The molecule has 1 aromatic rings. The third kappa shape index (κ3) is 5.29. The maximum Gasteiger partial charge on any atom is 0.242 e. The lowest BCUT2D eigenvalue weighted by Crippen LogP contribution is -2.51. The lowest BCUT2D eigenvalue weighted by Gasteiger charge is -2.34. The van der Waals surface area contributed by atoms with Gasteiger partial charge in [0, 0.05) is 45.2 Å². The fraction of sp³-hybridized carbons (Fsp3) is 0.600. The van der Waals surface area contributed by atoms with Crippen LogP contribution in [-0.2, 0) is 16.1 Å². The normalized spacial score (nSPS) is 23.8. The molecular weight excluding hydrogens is 328 g/mol. The summed E-state index contributed by atoms with van der Waals surface area (Å²) in [4.78, 5) is 28.6. The van der Waals surface area contributed by atoms with E-state index in [4.69, 9.17) is 5.73 Å². The standard InChI is InChI=1S/C20H30N4O2/c21-18-8-4-7-17(18)13-19(25)22-14-20(26)24-11-9-23(10-12-24)15-16-5-2-1-3-6-16/h1-3,5-6,17-18H,4,7-15,21H2,(H,22,25)/t17-,18+/m0/s1. The van der Waals surface area contributed by atoms with E-state index in [1.807, 2.05) is 11.0 Å². The summed E-state index contributed by atoms with van der Waals surface area (Å²) in [5.41, 5.74) is 7.30. The van der Waals surface area contributed by atoms with Gasteiger partial charge in [-0.2, -0.15) is 0 Å². The predicted molar refractivity (Wildman–Crippen MR) is 101 cm³/mol. The summed E-state index contributed by atoms with van der Waals surface area (Å²) in [6, 6.07) is 10.5. The Morgan fingerprint density at radius 2 is 1.81 bits per heavy atom. The Labute approximate surface area is 155 Å². The fourth-order valence-corrected chi connectivity index (χ4v) is 3.91. The molecule has 1 aliphatic carbocycles. The maximum absolute atomic E-state index is 12.3. The average Bonchev–Trinajstić information content (AvgIpc) is 3.06. The first-order valence-electron chi connectivity index (χ1n) is 9.68. The van der Waals surface area contributed by atoms with Crippen LogP contribution in [0.4, 0.5) is 0 Å². The molecule has 6 nitrogen and oxygen atoms in total. The van der Waals surface area contributed by atoms with Crippen molar-refractivity contribution in [1.82, 2.24) is 15.1 Å². The summed E-state index contributed by atoms with van der Waals surface area (Å²) in [7, 11) is 0. The number of hydrogen-bond acceptors (Lipinski definition) is 4. The number of carbonyl (C=O) groups excluding carboxylic acids is 2. The molecule has 0 spiro atoms. The second kappa shape index (κ2) is 9.14. The number of carbonyl (C=O) groups is 2. The van der Waals surface area contributed by atoms with Crippen molar-refractivity contribution in [2.75, 3.05) is 32.7 Å². The number of nitrogens with one attached hydrogen (secondary N) is 1. The summed E-state index contributed by atoms with van der Waals surface area (Å²) in [5, 5.41) is 2.78. The molecule has 0 aromatic heterocycles. The maximum atomic E-state index is 12.3. The summed E-state index contributed by atoms with van der Waals surface area (Å²) < 4.78 is 0. The lowest BCUT2D eigenvalue weighted by atomic mass is 10.00. The summed E-state index contributed by atoms with van der Waals surface area (Å²) >= 11 is 0. The molecule has 3 rings (SSSR count). The Bertz CT molecular complexity index is 599. The number of piperazine rings is 1. The molecule has 1 saturated heterocycles. The summed E-state index contributed by atoms with van der Waals surface area (Å²) in [6.07, 6.45) is 3.57. The largest absolute Gasteiger partial charge is 0.347 e. The summed E-state index contributed by atoms with van der Waals surface area (Å²) in [5.74, 6) is 0.225. The zero-order valence-corrected chi connectivity index (χ0v) is 15.4. The number of benzene rings is 1.